The number of methoxy groups -OCH3 is 1. The predicted octanol–water partition coefficient (Wildman–Crippen LogP) is 2.25. The maximum Gasteiger partial charge on any atom is 0.295 e. The van der Waals surface area contributed by atoms with Crippen LogP contribution in [-0.4, -0.2) is 28.8 Å². The highest BCUT2D eigenvalue weighted by Gasteiger charge is 2.46. The van der Waals surface area contributed by atoms with Gasteiger partial charge in [-0.05, 0) is 42.3 Å². The van der Waals surface area contributed by atoms with Crippen LogP contribution in [0.25, 0.3) is 5.76 Å². The van der Waals surface area contributed by atoms with Crippen molar-refractivity contribution in [3.8, 4) is 5.75 Å². The summed E-state index contributed by atoms with van der Waals surface area (Å²) in [5, 5.41) is 11.1. The quantitative estimate of drug-likeness (QED) is 0.391. The van der Waals surface area contributed by atoms with Crippen molar-refractivity contribution in [3.63, 3.8) is 0 Å². The van der Waals surface area contributed by atoms with E-state index in [-0.39, 0.29) is 17.9 Å². The van der Waals surface area contributed by atoms with Crippen molar-refractivity contribution in [2.45, 2.75) is 19.5 Å². The standard InChI is InChI=1S/C24H21N3O4/c1-15-12-18(5-6-19(15)31-2)22(28)20-21(17-7-10-25-11-8-17)27(24(30)23(20)29)14-16-4-3-9-26-13-16/h3-13,21,28H,14H2,1-2H3/p+2. The molecule has 7 heteroatoms. The number of benzene rings is 1. The average Bonchev–Trinajstić information content (AvgIpc) is 3.04. The zero-order valence-electron chi connectivity index (χ0n) is 17.3. The van der Waals surface area contributed by atoms with Gasteiger partial charge < -0.3 is 14.7 Å². The van der Waals surface area contributed by atoms with Gasteiger partial charge in [-0.15, -0.1) is 0 Å². The van der Waals surface area contributed by atoms with Crippen LogP contribution < -0.4 is 14.7 Å². The third-order valence-electron chi connectivity index (χ3n) is 5.39. The number of aliphatic hydroxyl groups is 1. The van der Waals surface area contributed by atoms with Crippen molar-refractivity contribution < 1.29 is 29.4 Å². The minimum absolute atomic E-state index is 0.0701. The molecule has 1 aromatic carbocycles. The number of H-pyrrole nitrogens is 2. The van der Waals surface area contributed by atoms with Gasteiger partial charge in [0.2, 0.25) is 0 Å². The Hall–Kier alpha value is -4.00. The van der Waals surface area contributed by atoms with Crippen LogP contribution in [0.1, 0.15) is 28.3 Å². The first-order valence-corrected chi connectivity index (χ1v) is 9.85. The molecule has 3 heterocycles. The molecule has 1 aliphatic heterocycles. The van der Waals surface area contributed by atoms with Gasteiger partial charge in [-0.2, -0.15) is 0 Å². The molecule has 7 nitrogen and oxygen atoms in total. The Kier molecular flexibility index (Phi) is 5.49. The van der Waals surface area contributed by atoms with Crippen LogP contribution in [0.2, 0.25) is 0 Å². The van der Waals surface area contributed by atoms with Crippen LogP contribution in [0, 0.1) is 6.92 Å². The number of nitrogens with one attached hydrogen (secondary N) is 2. The van der Waals surface area contributed by atoms with E-state index >= 15 is 0 Å². The van der Waals surface area contributed by atoms with Gasteiger partial charge in [-0.1, -0.05) is 0 Å². The number of nitrogens with zero attached hydrogens (tertiary/aromatic N) is 1. The molecule has 3 aromatic rings. The Morgan fingerprint density at radius 2 is 1.87 bits per heavy atom. The zero-order valence-corrected chi connectivity index (χ0v) is 17.3. The lowest BCUT2D eigenvalue weighted by Gasteiger charge is -2.24. The zero-order chi connectivity index (χ0) is 22.0. The van der Waals surface area contributed by atoms with Crippen molar-refractivity contribution in [2.75, 3.05) is 7.11 Å². The summed E-state index contributed by atoms with van der Waals surface area (Å²) in [4.78, 5) is 33.5. The number of hydrogen-bond acceptors (Lipinski definition) is 4. The van der Waals surface area contributed by atoms with Crippen molar-refractivity contribution in [1.29, 1.82) is 0 Å². The number of aryl methyl sites for hydroxylation is 1. The number of aliphatic hydroxyl groups excluding tert-OH is 1. The van der Waals surface area contributed by atoms with Crippen molar-refractivity contribution in [2.24, 2.45) is 0 Å². The van der Waals surface area contributed by atoms with E-state index in [2.05, 4.69) is 9.97 Å². The van der Waals surface area contributed by atoms with E-state index < -0.39 is 17.7 Å². The molecular formula is C24H23N3O4+2. The predicted molar refractivity (Wildman–Crippen MR) is 112 cm³/mol. The molecule has 1 unspecified atom stereocenters. The number of hydrogen-bond donors (Lipinski definition) is 1. The Morgan fingerprint density at radius 1 is 1.10 bits per heavy atom. The number of rotatable bonds is 5. The number of carbonyl (C=O) groups is 2. The number of aromatic amines is 2. The maximum atomic E-state index is 13.1. The molecule has 1 saturated heterocycles. The SMILES string of the molecule is COc1ccc(C(O)=C2C(=O)C(=O)N(Cc3ccc[nH+]c3)C2c2cc[nH+]cc2)cc1C. The number of Topliss-reactive ketones (excluding diaryl/α,β-unsaturated/α-hetero) is 1. The van der Waals surface area contributed by atoms with Crippen molar-refractivity contribution >= 4 is 17.4 Å². The van der Waals surface area contributed by atoms with Crippen LogP contribution >= 0.6 is 0 Å². The Balaban J connectivity index is 1.85. The molecule has 1 amide bonds. The molecule has 0 aliphatic carbocycles. The first kappa shape index (κ1) is 20.3. The normalized spacial score (nSPS) is 17.7. The highest BCUT2D eigenvalue weighted by molar-refractivity contribution is 6.46. The van der Waals surface area contributed by atoms with Gasteiger partial charge in [0, 0.05) is 29.3 Å². The average molecular weight is 417 g/mol. The van der Waals surface area contributed by atoms with E-state index in [1.165, 1.54) is 4.90 Å². The van der Waals surface area contributed by atoms with Gasteiger partial charge in [-0.3, -0.25) is 9.59 Å². The van der Waals surface area contributed by atoms with Crippen LogP contribution in [0.5, 0.6) is 5.75 Å². The summed E-state index contributed by atoms with van der Waals surface area (Å²) in [5.41, 5.74) is 2.91. The number of likely N-dealkylation sites (tertiary alicyclic amines) is 1. The van der Waals surface area contributed by atoms with Crippen LogP contribution in [0.4, 0.5) is 0 Å². The molecule has 0 bridgehead atoms. The lowest BCUT2D eigenvalue weighted by atomic mass is 9.95. The van der Waals surface area contributed by atoms with Gasteiger partial charge in [0.05, 0.1) is 25.3 Å². The Morgan fingerprint density at radius 3 is 2.52 bits per heavy atom. The fourth-order valence-corrected chi connectivity index (χ4v) is 3.88. The number of aromatic nitrogens is 2. The minimum atomic E-state index is -0.711. The summed E-state index contributed by atoms with van der Waals surface area (Å²) in [7, 11) is 1.57. The van der Waals surface area contributed by atoms with Gasteiger partial charge in [-0.25, -0.2) is 9.97 Å². The molecule has 1 aliphatic rings. The molecule has 0 saturated carbocycles. The first-order valence-electron chi connectivity index (χ1n) is 9.85. The lowest BCUT2D eigenvalue weighted by Crippen LogP contribution is -2.29. The number of amides is 1. The van der Waals surface area contributed by atoms with Crippen LogP contribution in [0.3, 0.4) is 0 Å². The van der Waals surface area contributed by atoms with Crippen molar-refractivity contribution in [3.05, 3.63) is 95.1 Å². The molecular weight excluding hydrogens is 394 g/mol. The van der Waals surface area contributed by atoms with E-state index in [1.54, 1.807) is 62.2 Å². The highest BCUT2D eigenvalue weighted by Crippen LogP contribution is 2.40. The number of ether oxygens (including phenoxy) is 1. The summed E-state index contributed by atoms with van der Waals surface area (Å²) in [6.07, 6.45) is 7.00. The third kappa shape index (κ3) is 3.77. The molecule has 4 rings (SSSR count). The maximum absolute atomic E-state index is 13.1. The molecule has 0 spiro atoms. The van der Waals surface area contributed by atoms with Crippen LogP contribution in [0.15, 0.2) is 72.8 Å². The molecule has 156 valence electrons. The third-order valence-corrected chi connectivity index (χ3v) is 5.39. The van der Waals surface area contributed by atoms with Crippen LogP contribution in [-0.2, 0) is 16.1 Å². The molecule has 2 aromatic heterocycles. The van der Waals surface area contributed by atoms with E-state index in [9.17, 15) is 14.7 Å². The molecule has 0 radical (unpaired) electrons. The molecule has 1 fully saturated rings. The Labute approximate surface area is 179 Å². The van der Waals surface area contributed by atoms with E-state index in [1.807, 2.05) is 19.1 Å². The molecule has 31 heavy (non-hydrogen) atoms. The fourth-order valence-electron chi connectivity index (χ4n) is 3.88. The lowest BCUT2D eigenvalue weighted by molar-refractivity contribution is -0.379. The fraction of sp³-hybridized carbons (Fsp3) is 0.167. The van der Waals surface area contributed by atoms with E-state index in [4.69, 9.17) is 4.74 Å². The van der Waals surface area contributed by atoms with Gasteiger partial charge in [0.15, 0.2) is 24.8 Å². The first-order chi connectivity index (χ1) is 15.0. The number of carbonyl (C=O) groups excluding carboxylic acids is 2. The van der Waals surface area contributed by atoms with Crippen molar-refractivity contribution in [1.82, 2.24) is 4.90 Å². The second-order valence-corrected chi connectivity index (χ2v) is 7.36. The second kappa shape index (κ2) is 8.39. The van der Waals surface area contributed by atoms with Gasteiger partial charge >= 0.3 is 0 Å². The summed E-state index contributed by atoms with van der Waals surface area (Å²) in [6.45, 7) is 2.08. The Bertz CT molecular complexity index is 1160. The van der Waals surface area contributed by atoms with E-state index in [0.29, 0.717) is 11.3 Å². The highest BCUT2D eigenvalue weighted by atomic mass is 16.5. The summed E-state index contributed by atoms with van der Waals surface area (Å²) >= 11 is 0. The monoisotopic (exact) mass is 417 g/mol. The largest absolute Gasteiger partial charge is 0.507 e. The second-order valence-electron chi connectivity index (χ2n) is 7.36. The molecule has 1 atom stereocenters. The number of pyridine rings is 2. The summed E-state index contributed by atoms with van der Waals surface area (Å²) < 4.78 is 5.28. The smallest absolute Gasteiger partial charge is 0.295 e. The van der Waals surface area contributed by atoms with Gasteiger partial charge in [0.1, 0.15) is 11.5 Å². The number of ketones is 1. The molecule has 3 N–H and O–H groups in total. The summed E-state index contributed by atoms with van der Waals surface area (Å²) in [5.74, 6) is -0.881. The van der Waals surface area contributed by atoms with Gasteiger partial charge in [0.25, 0.3) is 11.7 Å². The topological polar surface area (TPSA) is 95.1 Å². The summed E-state index contributed by atoms with van der Waals surface area (Å²) in [6, 6.07) is 11.7. The van der Waals surface area contributed by atoms with E-state index in [0.717, 1.165) is 16.7 Å². The minimum Gasteiger partial charge on any atom is -0.507 e.